The number of anilines is 1. The molecule has 0 aliphatic carbocycles. The first-order valence-electron chi connectivity index (χ1n) is 11.2. The molecule has 1 unspecified atom stereocenters. The van der Waals surface area contributed by atoms with Gasteiger partial charge in [-0.3, -0.25) is 13.9 Å². The molecule has 3 aromatic rings. The van der Waals surface area contributed by atoms with E-state index in [4.69, 9.17) is 35.9 Å². The van der Waals surface area contributed by atoms with E-state index in [1.807, 2.05) is 0 Å². The van der Waals surface area contributed by atoms with Gasteiger partial charge in [-0.25, -0.2) is 19.5 Å². The Kier molecular flexibility index (Phi) is 7.53. The summed E-state index contributed by atoms with van der Waals surface area (Å²) in [5, 5.41) is 2.66. The van der Waals surface area contributed by atoms with E-state index in [1.165, 1.54) is 19.6 Å². The zero-order valence-electron chi connectivity index (χ0n) is 20.2. The second-order valence-corrected chi connectivity index (χ2v) is 11.2. The number of esters is 1. The monoisotopic (exact) mass is 538 g/mol. The predicted molar refractivity (Wildman–Crippen MR) is 132 cm³/mol. The summed E-state index contributed by atoms with van der Waals surface area (Å²) in [5.74, 6) is -0.118. The Morgan fingerprint density at radius 2 is 2.00 bits per heavy atom. The van der Waals surface area contributed by atoms with Gasteiger partial charge in [-0.2, -0.15) is 5.09 Å². The minimum absolute atomic E-state index is 0.0282. The van der Waals surface area contributed by atoms with Gasteiger partial charge in [-0.1, -0.05) is 18.2 Å². The summed E-state index contributed by atoms with van der Waals surface area (Å²) < 4.78 is 38.4. The number of benzene rings is 1. The Morgan fingerprint density at radius 3 is 2.69 bits per heavy atom. The molecule has 1 aromatic carbocycles. The molecule has 0 radical (unpaired) electrons. The Labute approximate surface area is 213 Å². The van der Waals surface area contributed by atoms with Crippen molar-refractivity contribution in [2.75, 3.05) is 12.3 Å². The number of nitrogens with two attached hydrogens (primary N) is 1. The first kappa shape index (κ1) is 26.3. The quantitative estimate of drug-likeness (QED) is 0.234. The lowest BCUT2D eigenvalue weighted by molar-refractivity contribution is -0.149. The van der Waals surface area contributed by atoms with Crippen LogP contribution in [0.1, 0.15) is 33.9 Å². The first-order valence-corrected chi connectivity index (χ1v) is 13.2. The number of halogens is 1. The van der Waals surface area contributed by atoms with E-state index >= 15 is 0 Å². The van der Waals surface area contributed by atoms with Crippen molar-refractivity contribution in [3.05, 3.63) is 43.0 Å². The second kappa shape index (κ2) is 10.3. The zero-order valence-corrected chi connectivity index (χ0v) is 21.8. The highest BCUT2D eigenvalue weighted by Crippen LogP contribution is 2.52. The van der Waals surface area contributed by atoms with Gasteiger partial charge >= 0.3 is 13.7 Å². The van der Waals surface area contributed by atoms with Gasteiger partial charge in [-0.05, 0) is 39.8 Å². The van der Waals surface area contributed by atoms with Gasteiger partial charge in [0.1, 0.15) is 34.6 Å². The maximum Gasteiger partial charge on any atom is 0.459 e. The molecule has 194 valence electrons. The van der Waals surface area contributed by atoms with Gasteiger partial charge in [-0.15, -0.1) is 11.6 Å². The lowest BCUT2D eigenvalue weighted by Gasteiger charge is -2.31. The Balaban J connectivity index is 1.59. The van der Waals surface area contributed by atoms with E-state index in [-0.39, 0.29) is 24.3 Å². The zero-order chi connectivity index (χ0) is 26.1. The lowest BCUT2D eigenvalue weighted by atomic mass is 10.1. The van der Waals surface area contributed by atoms with Crippen LogP contribution < -0.4 is 15.3 Å². The van der Waals surface area contributed by atoms with Crippen LogP contribution in [0.4, 0.5) is 5.82 Å². The number of imidazole rings is 1. The molecule has 2 aromatic heterocycles. The number of nitrogens with zero attached hydrogens (tertiary/aromatic N) is 4. The van der Waals surface area contributed by atoms with Crippen LogP contribution in [0.15, 0.2) is 43.0 Å². The molecule has 3 N–H and O–H groups in total. The summed E-state index contributed by atoms with van der Waals surface area (Å²) in [6, 6.07) is 7.45. The molecule has 0 bridgehead atoms. The van der Waals surface area contributed by atoms with E-state index in [0.29, 0.717) is 11.2 Å². The molecule has 36 heavy (non-hydrogen) atoms. The molecule has 1 aliphatic rings. The van der Waals surface area contributed by atoms with Crippen molar-refractivity contribution in [1.29, 1.82) is 0 Å². The standard InChI is InChI=1S/C22H28ClN6O6P/c1-13(2)33-20(30)14(3)28-36(31,34-15-8-6-5-7-9-15)35-16-10-32-21(22(16,4)23)29-12-27-17-18(24)25-11-26-19(17)29/h5-9,11-14,16,21H,10H2,1-4H3,(H,28,31)(H2,24,25,26)/t14-,16-,21-,22-,36?/m1/s1. The molecule has 1 fully saturated rings. The highest BCUT2D eigenvalue weighted by atomic mass is 35.5. The lowest BCUT2D eigenvalue weighted by Crippen LogP contribution is -2.41. The summed E-state index contributed by atoms with van der Waals surface area (Å²) in [5.41, 5.74) is 6.72. The minimum atomic E-state index is -4.17. The predicted octanol–water partition coefficient (Wildman–Crippen LogP) is 3.44. The SMILES string of the molecule is CC(C)OC(=O)[C@@H](C)NP(=O)(Oc1ccccc1)O[C@@H]1CO[C@@H](n2cnc3c(N)ncnc32)[C@]1(C)Cl. The third-order valence-electron chi connectivity index (χ3n) is 5.45. The number of rotatable bonds is 9. The van der Waals surface area contributed by atoms with Crippen LogP contribution in [0.5, 0.6) is 5.75 Å². The summed E-state index contributed by atoms with van der Waals surface area (Å²) in [6.45, 7) is 6.59. The van der Waals surface area contributed by atoms with E-state index in [2.05, 4.69) is 20.0 Å². The number of hydrogen-bond donors (Lipinski definition) is 2. The fourth-order valence-electron chi connectivity index (χ4n) is 3.68. The van der Waals surface area contributed by atoms with Crippen molar-refractivity contribution in [3.63, 3.8) is 0 Å². The highest BCUT2D eigenvalue weighted by Gasteiger charge is 2.53. The number of nitrogen functional groups attached to an aromatic ring is 1. The fourth-order valence-corrected chi connectivity index (χ4v) is 5.77. The van der Waals surface area contributed by atoms with Crippen molar-refractivity contribution in [2.45, 2.75) is 57.0 Å². The van der Waals surface area contributed by atoms with Gasteiger partial charge in [0, 0.05) is 0 Å². The number of ether oxygens (including phenoxy) is 2. The van der Waals surface area contributed by atoms with Crippen molar-refractivity contribution in [1.82, 2.24) is 24.6 Å². The molecule has 5 atom stereocenters. The topological polar surface area (TPSA) is 153 Å². The van der Waals surface area contributed by atoms with Crippen molar-refractivity contribution >= 4 is 42.3 Å². The van der Waals surface area contributed by atoms with E-state index in [0.717, 1.165) is 0 Å². The largest absolute Gasteiger partial charge is 0.462 e. The molecule has 1 saturated heterocycles. The normalized spacial score (nSPS) is 24.5. The van der Waals surface area contributed by atoms with Crippen LogP contribution in [0, 0.1) is 0 Å². The van der Waals surface area contributed by atoms with Gasteiger partial charge in [0.2, 0.25) is 0 Å². The molecule has 0 spiro atoms. The summed E-state index contributed by atoms with van der Waals surface area (Å²) >= 11 is 6.94. The summed E-state index contributed by atoms with van der Waals surface area (Å²) in [6.07, 6.45) is 0.739. The van der Waals surface area contributed by atoms with E-state index in [1.54, 1.807) is 55.7 Å². The van der Waals surface area contributed by atoms with Crippen LogP contribution in [0.25, 0.3) is 11.2 Å². The van der Waals surface area contributed by atoms with Gasteiger partial charge in [0.25, 0.3) is 0 Å². The van der Waals surface area contributed by atoms with Gasteiger partial charge in [0.05, 0.1) is 19.0 Å². The fraction of sp³-hybridized carbons (Fsp3) is 0.455. The number of carbonyl (C=O) groups is 1. The van der Waals surface area contributed by atoms with Gasteiger partial charge in [0.15, 0.2) is 17.7 Å². The summed E-state index contributed by atoms with van der Waals surface area (Å²) in [7, 11) is -4.17. The number of carbonyl (C=O) groups excluding carboxylic acids is 1. The molecule has 1 aliphatic heterocycles. The number of nitrogens with one attached hydrogen (secondary N) is 1. The van der Waals surface area contributed by atoms with Crippen molar-refractivity contribution < 1.29 is 27.9 Å². The Morgan fingerprint density at radius 1 is 1.28 bits per heavy atom. The Bertz CT molecular complexity index is 1270. The van der Waals surface area contributed by atoms with Crippen LogP contribution in [-0.2, 0) is 23.4 Å². The molecule has 0 amide bonds. The highest BCUT2D eigenvalue weighted by molar-refractivity contribution is 7.52. The number of fused-ring (bicyclic) bond motifs is 1. The average Bonchev–Trinajstić information content (AvgIpc) is 3.35. The van der Waals surface area contributed by atoms with Crippen molar-refractivity contribution in [3.8, 4) is 5.75 Å². The molecule has 12 nitrogen and oxygen atoms in total. The Hall–Kier alpha value is -2.76. The summed E-state index contributed by atoms with van der Waals surface area (Å²) in [4.78, 5) is 23.6. The number of alkyl halides is 1. The smallest absolute Gasteiger partial charge is 0.459 e. The number of para-hydroxylation sites is 1. The number of aromatic nitrogens is 4. The van der Waals surface area contributed by atoms with Crippen LogP contribution in [-0.4, -0.2) is 55.2 Å². The van der Waals surface area contributed by atoms with Crippen molar-refractivity contribution in [2.24, 2.45) is 0 Å². The average molecular weight is 539 g/mol. The van der Waals surface area contributed by atoms with Crippen LogP contribution in [0.2, 0.25) is 0 Å². The second-order valence-electron chi connectivity index (χ2n) is 8.75. The molecular weight excluding hydrogens is 511 g/mol. The molecule has 4 rings (SSSR count). The first-order chi connectivity index (χ1) is 17.0. The molecule has 0 saturated carbocycles. The minimum Gasteiger partial charge on any atom is -0.462 e. The molecule has 14 heteroatoms. The van der Waals surface area contributed by atoms with Crippen LogP contribution >= 0.6 is 19.3 Å². The molecular formula is C22H28ClN6O6P. The third-order valence-corrected chi connectivity index (χ3v) is 7.57. The van der Waals surface area contributed by atoms with Gasteiger partial charge < -0.3 is 19.7 Å². The molecule has 3 heterocycles. The van der Waals surface area contributed by atoms with Crippen LogP contribution in [0.3, 0.4) is 0 Å². The number of hydrogen-bond acceptors (Lipinski definition) is 10. The maximum absolute atomic E-state index is 13.9. The van der Waals surface area contributed by atoms with E-state index in [9.17, 15) is 9.36 Å². The third kappa shape index (κ3) is 5.47. The maximum atomic E-state index is 13.9. The van der Waals surface area contributed by atoms with E-state index < -0.39 is 37.0 Å².